The van der Waals surface area contributed by atoms with Crippen molar-refractivity contribution in [2.45, 2.75) is 20.4 Å². The van der Waals surface area contributed by atoms with Crippen molar-refractivity contribution < 1.29 is 0 Å². The predicted molar refractivity (Wildman–Crippen MR) is 74.5 cm³/mol. The quantitative estimate of drug-likeness (QED) is 0.897. The highest BCUT2D eigenvalue weighted by Gasteiger charge is 2.07. The van der Waals surface area contributed by atoms with Gasteiger partial charge in [-0.1, -0.05) is 12.1 Å². The van der Waals surface area contributed by atoms with Crippen molar-refractivity contribution in [2.24, 2.45) is 0 Å². The lowest BCUT2D eigenvalue weighted by atomic mass is 10.1. The molecule has 2 rings (SSSR count). The molecule has 1 aromatic carbocycles. The smallest absolute Gasteiger partial charge is 0.149 e. The minimum absolute atomic E-state index is 0.509. The van der Waals surface area contributed by atoms with Crippen molar-refractivity contribution in [1.29, 1.82) is 0 Å². The summed E-state index contributed by atoms with van der Waals surface area (Å²) in [5.41, 5.74) is 9.34. The molecule has 0 aliphatic rings. The highest BCUT2D eigenvalue weighted by atomic mass is 15.1. The Balaban J connectivity index is 2.21. The fourth-order valence-corrected chi connectivity index (χ4v) is 1.92. The summed E-state index contributed by atoms with van der Waals surface area (Å²) >= 11 is 0. The van der Waals surface area contributed by atoms with Gasteiger partial charge in [-0.25, -0.2) is 9.97 Å². The third-order valence-corrected chi connectivity index (χ3v) is 2.88. The van der Waals surface area contributed by atoms with Gasteiger partial charge in [0.15, 0.2) is 0 Å². The van der Waals surface area contributed by atoms with E-state index in [4.69, 9.17) is 5.73 Å². The van der Waals surface area contributed by atoms with E-state index in [2.05, 4.69) is 46.9 Å². The molecule has 2 aromatic rings. The summed E-state index contributed by atoms with van der Waals surface area (Å²) in [6, 6.07) is 8.11. The number of nitrogens with two attached hydrogens (primary N) is 1. The van der Waals surface area contributed by atoms with Gasteiger partial charge in [0.2, 0.25) is 0 Å². The van der Waals surface area contributed by atoms with Crippen LogP contribution in [0, 0.1) is 13.8 Å². The van der Waals surface area contributed by atoms with E-state index < -0.39 is 0 Å². The van der Waals surface area contributed by atoms with Gasteiger partial charge >= 0.3 is 0 Å². The molecule has 0 radical (unpaired) electrons. The Morgan fingerprint density at radius 3 is 2.72 bits per heavy atom. The van der Waals surface area contributed by atoms with E-state index >= 15 is 0 Å². The number of anilines is 2. The molecule has 0 aliphatic carbocycles. The summed E-state index contributed by atoms with van der Waals surface area (Å²) in [6.45, 7) is 4.84. The number of hydrogen-bond acceptors (Lipinski definition) is 4. The molecule has 0 fully saturated rings. The first-order chi connectivity index (χ1) is 8.56. The lowest BCUT2D eigenvalue weighted by molar-refractivity contribution is 0.837. The zero-order chi connectivity index (χ0) is 13.1. The highest BCUT2D eigenvalue weighted by Crippen LogP contribution is 2.21. The van der Waals surface area contributed by atoms with Crippen LogP contribution in [0.25, 0.3) is 0 Å². The Kier molecular flexibility index (Phi) is 3.46. The monoisotopic (exact) mass is 242 g/mol. The largest absolute Gasteiger partial charge is 0.384 e. The van der Waals surface area contributed by atoms with E-state index in [-0.39, 0.29) is 0 Å². The van der Waals surface area contributed by atoms with Gasteiger partial charge < -0.3 is 10.6 Å². The van der Waals surface area contributed by atoms with Crippen molar-refractivity contribution in [2.75, 3.05) is 17.7 Å². The summed E-state index contributed by atoms with van der Waals surface area (Å²) in [6.07, 6.45) is 1.69. The van der Waals surface area contributed by atoms with Gasteiger partial charge in [0.05, 0.1) is 6.54 Å². The number of benzene rings is 1. The second kappa shape index (κ2) is 5.04. The van der Waals surface area contributed by atoms with E-state index in [1.165, 1.54) is 16.8 Å². The number of hydrogen-bond donors (Lipinski definition) is 1. The molecule has 0 saturated carbocycles. The van der Waals surface area contributed by atoms with Crippen molar-refractivity contribution >= 4 is 11.5 Å². The molecular formula is C14H18N4. The molecule has 1 aromatic heterocycles. The van der Waals surface area contributed by atoms with Gasteiger partial charge in [0, 0.05) is 18.9 Å². The zero-order valence-corrected chi connectivity index (χ0v) is 11.0. The Morgan fingerprint density at radius 1 is 1.22 bits per heavy atom. The maximum Gasteiger partial charge on any atom is 0.149 e. The summed E-state index contributed by atoms with van der Waals surface area (Å²) < 4.78 is 0. The van der Waals surface area contributed by atoms with Crippen LogP contribution in [0.4, 0.5) is 11.5 Å². The molecule has 0 amide bonds. The fourth-order valence-electron chi connectivity index (χ4n) is 1.92. The number of aryl methyl sites for hydroxylation is 2. The van der Waals surface area contributed by atoms with Crippen LogP contribution < -0.4 is 10.6 Å². The molecular weight excluding hydrogens is 224 g/mol. The average molecular weight is 242 g/mol. The SMILES string of the molecule is Cc1ccc(C)c(N(C)Cc2nccc(N)n2)c1. The van der Waals surface area contributed by atoms with E-state index in [1.54, 1.807) is 12.3 Å². The van der Waals surface area contributed by atoms with E-state index in [0.717, 1.165) is 5.82 Å². The van der Waals surface area contributed by atoms with Crippen LogP contribution in [-0.2, 0) is 6.54 Å². The molecule has 4 heteroatoms. The molecule has 0 saturated heterocycles. The van der Waals surface area contributed by atoms with Crippen LogP contribution >= 0.6 is 0 Å². The van der Waals surface area contributed by atoms with Crippen LogP contribution in [0.2, 0.25) is 0 Å². The first-order valence-corrected chi connectivity index (χ1v) is 5.92. The van der Waals surface area contributed by atoms with Crippen molar-refractivity contribution in [3.63, 3.8) is 0 Å². The van der Waals surface area contributed by atoms with Gasteiger partial charge in [-0.15, -0.1) is 0 Å². The van der Waals surface area contributed by atoms with Crippen LogP contribution in [0.1, 0.15) is 17.0 Å². The lowest BCUT2D eigenvalue weighted by Crippen LogP contribution is -2.19. The molecule has 4 nitrogen and oxygen atoms in total. The third kappa shape index (κ3) is 2.77. The van der Waals surface area contributed by atoms with Gasteiger partial charge in [-0.05, 0) is 37.1 Å². The van der Waals surface area contributed by atoms with Crippen molar-refractivity contribution in [3.8, 4) is 0 Å². The minimum Gasteiger partial charge on any atom is -0.384 e. The van der Waals surface area contributed by atoms with Crippen molar-refractivity contribution in [1.82, 2.24) is 9.97 Å². The Morgan fingerprint density at radius 2 is 2.00 bits per heavy atom. The number of nitrogen functional groups attached to an aromatic ring is 1. The Labute approximate surface area is 107 Å². The first-order valence-electron chi connectivity index (χ1n) is 5.92. The topological polar surface area (TPSA) is 55.0 Å². The standard InChI is InChI=1S/C14H18N4/c1-10-4-5-11(2)12(8-10)18(3)9-14-16-7-6-13(15)17-14/h4-8H,9H2,1-3H3,(H2,15,16,17). The summed E-state index contributed by atoms with van der Waals surface area (Å²) in [5.74, 6) is 1.24. The maximum atomic E-state index is 5.66. The lowest BCUT2D eigenvalue weighted by Gasteiger charge is -2.21. The average Bonchev–Trinajstić information content (AvgIpc) is 2.32. The summed E-state index contributed by atoms with van der Waals surface area (Å²) in [5, 5.41) is 0. The molecule has 2 N–H and O–H groups in total. The normalized spacial score (nSPS) is 10.4. The van der Waals surface area contributed by atoms with Gasteiger partial charge in [-0.2, -0.15) is 0 Å². The molecule has 18 heavy (non-hydrogen) atoms. The van der Waals surface area contributed by atoms with Crippen LogP contribution in [0.15, 0.2) is 30.5 Å². The van der Waals surface area contributed by atoms with Crippen LogP contribution in [-0.4, -0.2) is 17.0 Å². The highest BCUT2D eigenvalue weighted by molar-refractivity contribution is 5.54. The number of rotatable bonds is 3. The third-order valence-electron chi connectivity index (χ3n) is 2.88. The van der Waals surface area contributed by atoms with Gasteiger partial charge in [-0.3, -0.25) is 0 Å². The molecule has 1 heterocycles. The summed E-state index contributed by atoms with van der Waals surface area (Å²) in [7, 11) is 2.04. The molecule has 0 atom stereocenters. The fraction of sp³-hybridized carbons (Fsp3) is 0.286. The van der Waals surface area contributed by atoms with E-state index in [9.17, 15) is 0 Å². The van der Waals surface area contributed by atoms with Crippen LogP contribution in [0.5, 0.6) is 0 Å². The molecule has 0 spiro atoms. The minimum atomic E-state index is 0.509. The van der Waals surface area contributed by atoms with Crippen LogP contribution in [0.3, 0.4) is 0 Å². The molecule has 0 unspecified atom stereocenters. The Hall–Kier alpha value is -2.10. The number of aromatic nitrogens is 2. The predicted octanol–water partition coefficient (Wildman–Crippen LogP) is 2.31. The second-order valence-corrected chi connectivity index (χ2v) is 4.54. The molecule has 0 bridgehead atoms. The number of nitrogens with zero attached hydrogens (tertiary/aromatic N) is 3. The van der Waals surface area contributed by atoms with Gasteiger partial charge in [0.25, 0.3) is 0 Å². The summed E-state index contributed by atoms with van der Waals surface area (Å²) in [4.78, 5) is 10.6. The van der Waals surface area contributed by atoms with Gasteiger partial charge in [0.1, 0.15) is 11.6 Å². The van der Waals surface area contributed by atoms with E-state index in [1.807, 2.05) is 7.05 Å². The first kappa shape index (κ1) is 12.4. The molecule has 94 valence electrons. The zero-order valence-electron chi connectivity index (χ0n) is 11.0. The van der Waals surface area contributed by atoms with Crippen molar-refractivity contribution in [3.05, 3.63) is 47.4 Å². The maximum absolute atomic E-state index is 5.66. The molecule has 0 aliphatic heterocycles. The second-order valence-electron chi connectivity index (χ2n) is 4.54. The van der Waals surface area contributed by atoms with E-state index in [0.29, 0.717) is 12.4 Å². The Bertz CT molecular complexity index is 551.